The fourth-order valence-corrected chi connectivity index (χ4v) is 2.16. The number of aromatic nitrogens is 2. The van der Waals surface area contributed by atoms with Crippen LogP contribution in [0, 0.1) is 0 Å². The second-order valence-corrected chi connectivity index (χ2v) is 5.02. The van der Waals surface area contributed by atoms with Crippen LogP contribution in [0.4, 0.5) is 0 Å². The van der Waals surface area contributed by atoms with Crippen molar-refractivity contribution in [2.75, 3.05) is 6.54 Å². The van der Waals surface area contributed by atoms with Gasteiger partial charge in [-0.25, -0.2) is 4.98 Å². The zero-order chi connectivity index (χ0) is 13.8. The summed E-state index contributed by atoms with van der Waals surface area (Å²) in [5.74, 6) is -0.0660. The summed E-state index contributed by atoms with van der Waals surface area (Å²) < 4.78 is 2.30. The summed E-state index contributed by atoms with van der Waals surface area (Å²) in [6.45, 7) is 2.79. The smallest absolute Gasteiger partial charge is 0.261 e. The zero-order valence-corrected chi connectivity index (χ0v) is 12.1. The Morgan fingerprint density at radius 3 is 3.00 bits per heavy atom. The van der Waals surface area contributed by atoms with Crippen molar-refractivity contribution < 1.29 is 4.79 Å². The molecule has 0 aliphatic carbocycles. The van der Waals surface area contributed by atoms with Crippen LogP contribution in [0.5, 0.6) is 0 Å². The Balaban J connectivity index is 2.27. The molecule has 0 bridgehead atoms. The highest BCUT2D eigenvalue weighted by molar-refractivity contribution is 9.10. The summed E-state index contributed by atoms with van der Waals surface area (Å²) in [7, 11) is 0. The predicted molar refractivity (Wildman–Crippen MR) is 77.0 cm³/mol. The summed E-state index contributed by atoms with van der Waals surface area (Å²) >= 11 is 3.33. The molecule has 2 aromatic rings. The van der Waals surface area contributed by atoms with Gasteiger partial charge in [0, 0.05) is 24.0 Å². The van der Waals surface area contributed by atoms with Crippen molar-refractivity contribution in [1.29, 1.82) is 0 Å². The van der Waals surface area contributed by atoms with Crippen LogP contribution in [0.25, 0.3) is 10.9 Å². The predicted octanol–water partition coefficient (Wildman–Crippen LogP) is 1.69. The molecule has 1 aromatic heterocycles. The van der Waals surface area contributed by atoms with Crippen LogP contribution in [0.15, 0.2) is 33.8 Å². The van der Waals surface area contributed by atoms with Gasteiger partial charge in [-0.15, -0.1) is 0 Å². The average Bonchev–Trinajstić information content (AvgIpc) is 2.39. The number of benzene rings is 1. The van der Waals surface area contributed by atoms with Gasteiger partial charge in [0.05, 0.1) is 17.2 Å². The standard InChI is InChI=1S/C13H14BrN3O2/c1-2-15-12(18)5-6-17-8-16-11-4-3-9(14)7-10(11)13(17)19/h3-4,7-8H,2,5-6H2,1H3,(H,15,18). The van der Waals surface area contributed by atoms with Crippen molar-refractivity contribution in [1.82, 2.24) is 14.9 Å². The number of aryl methyl sites for hydroxylation is 1. The van der Waals surface area contributed by atoms with Crippen molar-refractivity contribution in [3.8, 4) is 0 Å². The Hall–Kier alpha value is -1.69. The lowest BCUT2D eigenvalue weighted by Gasteiger charge is -2.06. The van der Waals surface area contributed by atoms with Gasteiger partial charge < -0.3 is 5.32 Å². The maximum atomic E-state index is 12.2. The highest BCUT2D eigenvalue weighted by Crippen LogP contribution is 2.14. The van der Waals surface area contributed by atoms with Gasteiger partial charge in [-0.05, 0) is 25.1 Å². The summed E-state index contributed by atoms with van der Waals surface area (Å²) in [5.41, 5.74) is 0.526. The average molecular weight is 324 g/mol. The number of carbonyl (C=O) groups is 1. The number of hydrogen-bond acceptors (Lipinski definition) is 3. The number of nitrogens with zero attached hydrogens (tertiary/aromatic N) is 2. The summed E-state index contributed by atoms with van der Waals surface area (Å²) in [5, 5.41) is 3.25. The molecule has 1 N–H and O–H groups in total. The van der Waals surface area contributed by atoms with E-state index in [2.05, 4.69) is 26.2 Å². The second kappa shape index (κ2) is 5.97. The van der Waals surface area contributed by atoms with Crippen molar-refractivity contribution in [2.24, 2.45) is 0 Å². The number of fused-ring (bicyclic) bond motifs is 1. The fourth-order valence-electron chi connectivity index (χ4n) is 1.80. The first-order valence-corrected chi connectivity index (χ1v) is 6.82. The van der Waals surface area contributed by atoms with Gasteiger partial charge in [0.15, 0.2) is 0 Å². The quantitative estimate of drug-likeness (QED) is 0.931. The van der Waals surface area contributed by atoms with Crippen molar-refractivity contribution in [2.45, 2.75) is 19.9 Å². The molecule has 0 saturated heterocycles. The maximum absolute atomic E-state index is 12.2. The Labute approximate surface area is 118 Å². The van der Waals surface area contributed by atoms with Crippen LogP contribution in [-0.4, -0.2) is 22.0 Å². The Morgan fingerprint density at radius 2 is 2.26 bits per heavy atom. The minimum atomic E-state index is -0.129. The second-order valence-electron chi connectivity index (χ2n) is 4.11. The Morgan fingerprint density at radius 1 is 1.47 bits per heavy atom. The molecule has 1 amide bonds. The van der Waals surface area contributed by atoms with E-state index >= 15 is 0 Å². The van der Waals surface area contributed by atoms with Crippen LogP contribution >= 0.6 is 15.9 Å². The van der Waals surface area contributed by atoms with E-state index in [4.69, 9.17) is 0 Å². The topological polar surface area (TPSA) is 64.0 Å². The van der Waals surface area contributed by atoms with Gasteiger partial charge in [-0.1, -0.05) is 15.9 Å². The van der Waals surface area contributed by atoms with Gasteiger partial charge in [0.25, 0.3) is 5.56 Å². The maximum Gasteiger partial charge on any atom is 0.261 e. The molecule has 0 radical (unpaired) electrons. The minimum Gasteiger partial charge on any atom is -0.356 e. The first-order valence-electron chi connectivity index (χ1n) is 6.03. The first-order chi connectivity index (χ1) is 9.11. The van der Waals surface area contributed by atoms with E-state index in [1.54, 1.807) is 12.1 Å². The molecule has 0 aliphatic heterocycles. The van der Waals surface area contributed by atoms with E-state index in [0.717, 1.165) is 4.47 Å². The summed E-state index contributed by atoms with van der Waals surface area (Å²) in [6, 6.07) is 5.37. The van der Waals surface area contributed by atoms with E-state index in [0.29, 0.717) is 24.0 Å². The molecule has 1 heterocycles. The monoisotopic (exact) mass is 323 g/mol. The summed E-state index contributed by atoms with van der Waals surface area (Å²) in [6.07, 6.45) is 1.76. The molecule has 1 aromatic carbocycles. The van der Waals surface area contributed by atoms with Gasteiger partial charge in [-0.2, -0.15) is 0 Å². The van der Waals surface area contributed by atoms with Crippen LogP contribution in [0.2, 0.25) is 0 Å². The molecule has 5 nitrogen and oxygen atoms in total. The molecule has 6 heteroatoms. The van der Waals surface area contributed by atoms with Gasteiger partial charge >= 0.3 is 0 Å². The number of nitrogens with one attached hydrogen (secondary N) is 1. The largest absolute Gasteiger partial charge is 0.356 e. The molecule has 0 spiro atoms. The highest BCUT2D eigenvalue weighted by Gasteiger charge is 2.06. The molecule has 2 rings (SSSR count). The molecule has 0 fully saturated rings. The van der Waals surface area contributed by atoms with Crippen LogP contribution in [0.3, 0.4) is 0 Å². The molecular weight excluding hydrogens is 310 g/mol. The number of carbonyl (C=O) groups excluding carboxylic acids is 1. The van der Waals surface area contributed by atoms with E-state index < -0.39 is 0 Å². The van der Waals surface area contributed by atoms with Gasteiger partial charge in [-0.3, -0.25) is 14.2 Å². The first kappa shape index (κ1) is 13.7. The van der Waals surface area contributed by atoms with E-state index in [1.807, 2.05) is 13.0 Å². The highest BCUT2D eigenvalue weighted by atomic mass is 79.9. The lowest BCUT2D eigenvalue weighted by atomic mass is 10.2. The fraction of sp³-hybridized carbons (Fsp3) is 0.308. The third-order valence-electron chi connectivity index (χ3n) is 2.74. The number of rotatable bonds is 4. The minimum absolute atomic E-state index is 0.0660. The molecule has 0 saturated carbocycles. The molecule has 100 valence electrons. The normalized spacial score (nSPS) is 10.6. The zero-order valence-electron chi connectivity index (χ0n) is 10.5. The van der Waals surface area contributed by atoms with Crippen LogP contribution < -0.4 is 10.9 Å². The lowest BCUT2D eigenvalue weighted by Crippen LogP contribution is -2.27. The van der Waals surface area contributed by atoms with Gasteiger partial charge in [0.1, 0.15) is 0 Å². The van der Waals surface area contributed by atoms with Gasteiger partial charge in [0.2, 0.25) is 5.91 Å². The summed E-state index contributed by atoms with van der Waals surface area (Å²) in [4.78, 5) is 27.8. The number of hydrogen-bond donors (Lipinski definition) is 1. The van der Waals surface area contributed by atoms with Crippen molar-refractivity contribution in [3.05, 3.63) is 39.4 Å². The molecular formula is C13H14BrN3O2. The molecule has 0 atom stereocenters. The molecule has 0 aliphatic rings. The SMILES string of the molecule is CCNC(=O)CCn1cnc2ccc(Br)cc2c1=O. The van der Waals surface area contributed by atoms with Crippen LogP contribution in [0.1, 0.15) is 13.3 Å². The van der Waals surface area contributed by atoms with E-state index in [9.17, 15) is 9.59 Å². The third-order valence-corrected chi connectivity index (χ3v) is 3.23. The molecule has 19 heavy (non-hydrogen) atoms. The van der Waals surface area contributed by atoms with Crippen molar-refractivity contribution in [3.63, 3.8) is 0 Å². The van der Waals surface area contributed by atoms with Crippen molar-refractivity contribution >= 4 is 32.7 Å². The van der Waals surface area contributed by atoms with E-state index in [-0.39, 0.29) is 17.9 Å². The Kier molecular flexibility index (Phi) is 4.31. The number of amides is 1. The molecule has 0 unspecified atom stereocenters. The Bertz CT molecular complexity index is 666. The third kappa shape index (κ3) is 3.20. The van der Waals surface area contributed by atoms with Crippen LogP contribution in [-0.2, 0) is 11.3 Å². The number of halogens is 1. The van der Waals surface area contributed by atoms with E-state index in [1.165, 1.54) is 10.9 Å². The lowest BCUT2D eigenvalue weighted by molar-refractivity contribution is -0.121.